The molecule has 0 aromatic heterocycles. The molecule has 4 rings (SSSR count). The third-order valence-electron chi connectivity index (χ3n) is 4.96. The Kier molecular flexibility index (Phi) is 6.18. The van der Waals surface area contributed by atoms with Crippen molar-refractivity contribution >= 4 is 36.4 Å². The maximum Gasteiger partial charge on any atom is 0.251 e. The summed E-state index contributed by atoms with van der Waals surface area (Å²) < 4.78 is 0. The van der Waals surface area contributed by atoms with Gasteiger partial charge < -0.3 is 10.6 Å². The maximum atomic E-state index is 12.6. The molecule has 1 aliphatic carbocycles. The van der Waals surface area contributed by atoms with Gasteiger partial charge in [-0.05, 0) is 49.8 Å². The summed E-state index contributed by atoms with van der Waals surface area (Å²) in [5, 5.41) is 6.64. The number of carbonyl (C=O) groups excluding carboxylic acids is 1. The van der Waals surface area contributed by atoms with E-state index in [2.05, 4.69) is 21.6 Å². The molecule has 1 atom stereocenters. The van der Waals surface area contributed by atoms with Crippen molar-refractivity contribution in [3.05, 3.63) is 29.3 Å². The van der Waals surface area contributed by atoms with Gasteiger partial charge in [0.05, 0.1) is 0 Å². The third-order valence-corrected chi connectivity index (χ3v) is 4.96. The molecule has 2 heterocycles. The first-order chi connectivity index (χ1) is 10.3. The van der Waals surface area contributed by atoms with Crippen molar-refractivity contribution in [2.75, 3.05) is 25.0 Å². The lowest BCUT2D eigenvalue weighted by Crippen LogP contribution is -2.38. The SMILES string of the molecule is Cl.Cl.O=C(NC1CCN(C2CC2)C1)c1cccc2c1CCCN2. The molecule has 1 aromatic carbocycles. The molecule has 2 fully saturated rings. The van der Waals surface area contributed by atoms with Crippen molar-refractivity contribution in [2.45, 2.75) is 44.2 Å². The first-order valence-corrected chi connectivity index (χ1v) is 8.22. The zero-order valence-electron chi connectivity index (χ0n) is 13.2. The lowest BCUT2D eigenvalue weighted by molar-refractivity contribution is 0.0936. The van der Waals surface area contributed by atoms with Crippen LogP contribution in [0.2, 0.25) is 0 Å². The summed E-state index contributed by atoms with van der Waals surface area (Å²) in [5.41, 5.74) is 3.20. The highest BCUT2D eigenvalue weighted by atomic mass is 35.5. The number of benzene rings is 1. The van der Waals surface area contributed by atoms with Crippen molar-refractivity contribution in [3.63, 3.8) is 0 Å². The number of fused-ring (bicyclic) bond motifs is 1. The number of rotatable bonds is 3. The number of nitrogens with zero attached hydrogens (tertiary/aromatic N) is 1. The maximum absolute atomic E-state index is 12.6. The van der Waals surface area contributed by atoms with Gasteiger partial charge in [-0.15, -0.1) is 24.8 Å². The second kappa shape index (κ2) is 7.73. The zero-order valence-corrected chi connectivity index (χ0v) is 14.8. The normalized spacial score (nSPS) is 23.0. The summed E-state index contributed by atoms with van der Waals surface area (Å²) in [4.78, 5) is 15.1. The molecular formula is C17H25Cl2N3O. The van der Waals surface area contributed by atoms with E-state index in [1.54, 1.807) is 0 Å². The predicted octanol–water partition coefficient (Wildman–Crippen LogP) is 2.85. The van der Waals surface area contributed by atoms with E-state index in [4.69, 9.17) is 0 Å². The van der Waals surface area contributed by atoms with E-state index >= 15 is 0 Å². The zero-order chi connectivity index (χ0) is 14.2. The molecule has 3 aliphatic rings. The van der Waals surface area contributed by atoms with Crippen molar-refractivity contribution in [2.24, 2.45) is 0 Å². The minimum Gasteiger partial charge on any atom is -0.385 e. The highest BCUT2D eigenvalue weighted by Gasteiger charge is 2.35. The summed E-state index contributed by atoms with van der Waals surface area (Å²) >= 11 is 0. The summed E-state index contributed by atoms with van der Waals surface area (Å²) in [6, 6.07) is 7.16. The Balaban J connectivity index is 0.000000960. The van der Waals surface area contributed by atoms with Crippen LogP contribution < -0.4 is 10.6 Å². The molecule has 1 amide bonds. The van der Waals surface area contributed by atoms with Crippen LogP contribution >= 0.6 is 24.8 Å². The molecule has 0 spiro atoms. The molecule has 0 bridgehead atoms. The third kappa shape index (κ3) is 3.93. The van der Waals surface area contributed by atoms with Gasteiger partial charge >= 0.3 is 0 Å². The van der Waals surface area contributed by atoms with Gasteiger partial charge in [-0.1, -0.05) is 6.07 Å². The molecule has 1 saturated carbocycles. The fourth-order valence-corrected chi connectivity index (χ4v) is 3.66. The fraction of sp³-hybridized carbons (Fsp3) is 0.588. The Hall–Kier alpha value is -0.970. The van der Waals surface area contributed by atoms with Gasteiger partial charge in [0.25, 0.3) is 5.91 Å². The van der Waals surface area contributed by atoms with E-state index in [0.29, 0.717) is 6.04 Å². The van der Waals surface area contributed by atoms with E-state index in [9.17, 15) is 4.79 Å². The Morgan fingerprint density at radius 3 is 2.83 bits per heavy atom. The molecule has 4 nitrogen and oxygen atoms in total. The van der Waals surface area contributed by atoms with Crippen LogP contribution in [0, 0.1) is 0 Å². The van der Waals surface area contributed by atoms with Gasteiger partial charge in [0.1, 0.15) is 0 Å². The quantitative estimate of drug-likeness (QED) is 0.873. The van der Waals surface area contributed by atoms with Crippen molar-refractivity contribution < 1.29 is 4.79 Å². The largest absolute Gasteiger partial charge is 0.385 e. The standard InChI is InChI=1S/C17H23N3O.2ClH/c21-17(19-12-8-10-20(11-12)13-6-7-13)15-3-1-5-16-14(15)4-2-9-18-16;;/h1,3,5,12-13,18H,2,4,6-11H2,(H,19,21);2*1H. The molecular weight excluding hydrogens is 333 g/mol. The molecule has 1 aromatic rings. The van der Waals surface area contributed by atoms with Gasteiger partial charge in [0.15, 0.2) is 0 Å². The van der Waals surface area contributed by atoms with Gasteiger partial charge in [-0.25, -0.2) is 0 Å². The van der Waals surface area contributed by atoms with E-state index < -0.39 is 0 Å². The number of carbonyl (C=O) groups is 1. The van der Waals surface area contributed by atoms with Crippen molar-refractivity contribution in [1.29, 1.82) is 0 Å². The Morgan fingerprint density at radius 2 is 2.04 bits per heavy atom. The van der Waals surface area contributed by atoms with Gasteiger partial charge in [-0.2, -0.15) is 0 Å². The lowest BCUT2D eigenvalue weighted by Gasteiger charge is -2.21. The van der Waals surface area contributed by atoms with E-state index in [0.717, 1.165) is 56.2 Å². The Bertz CT molecular complexity index is 563. The lowest BCUT2D eigenvalue weighted by atomic mass is 9.97. The van der Waals surface area contributed by atoms with E-state index in [1.165, 1.54) is 18.4 Å². The minimum absolute atomic E-state index is 0. The second-order valence-corrected chi connectivity index (χ2v) is 6.55. The van der Waals surface area contributed by atoms with Crippen LogP contribution in [0.3, 0.4) is 0 Å². The number of halogens is 2. The first-order valence-electron chi connectivity index (χ1n) is 8.22. The molecule has 6 heteroatoms. The molecule has 23 heavy (non-hydrogen) atoms. The second-order valence-electron chi connectivity index (χ2n) is 6.55. The number of anilines is 1. The van der Waals surface area contributed by atoms with Crippen LogP contribution in [-0.2, 0) is 6.42 Å². The number of hydrogen-bond donors (Lipinski definition) is 2. The van der Waals surface area contributed by atoms with Crippen molar-refractivity contribution in [1.82, 2.24) is 10.2 Å². The van der Waals surface area contributed by atoms with Gasteiger partial charge in [0.2, 0.25) is 0 Å². The number of likely N-dealkylation sites (tertiary alicyclic amines) is 1. The summed E-state index contributed by atoms with van der Waals surface area (Å²) in [7, 11) is 0. The molecule has 2 aliphatic heterocycles. The topological polar surface area (TPSA) is 44.4 Å². The average Bonchev–Trinajstić information content (AvgIpc) is 3.27. The highest BCUT2D eigenvalue weighted by Crippen LogP contribution is 2.30. The van der Waals surface area contributed by atoms with Crippen LogP contribution in [0.25, 0.3) is 0 Å². The van der Waals surface area contributed by atoms with Crippen molar-refractivity contribution in [3.8, 4) is 0 Å². The molecule has 0 radical (unpaired) electrons. The number of amides is 1. The monoisotopic (exact) mass is 357 g/mol. The number of hydrogen-bond acceptors (Lipinski definition) is 3. The highest BCUT2D eigenvalue weighted by molar-refractivity contribution is 5.97. The minimum atomic E-state index is 0. The fourth-order valence-electron chi connectivity index (χ4n) is 3.66. The van der Waals surface area contributed by atoms with Gasteiger partial charge in [0, 0.05) is 43.0 Å². The van der Waals surface area contributed by atoms with E-state index in [-0.39, 0.29) is 30.7 Å². The Labute approximate surface area is 150 Å². The number of nitrogens with one attached hydrogen (secondary N) is 2. The predicted molar refractivity (Wildman–Crippen MR) is 98.2 cm³/mol. The van der Waals surface area contributed by atoms with Crippen LogP contribution in [0.15, 0.2) is 18.2 Å². The summed E-state index contributed by atoms with van der Waals surface area (Å²) in [5.74, 6) is 0.109. The first kappa shape index (κ1) is 18.4. The van der Waals surface area contributed by atoms with E-state index in [1.807, 2.05) is 12.1 Å². The van der Waals surface area contributed by atoms with Crippen LogP contribution in [-0.4, -0.2) is 42.5 Å². The summed E-state index contributed by atoms with van der Waals surface area (Å²) in [6.45, 7) is 3.19. The van der Waals surface area contributed by atoms with Gasteiger partial charge in [-0.3, -0.25) is 9.69 Å². The van der Waals surface area contributed by atoms with Crippen LogP contribution in [0.5, 0.6) is 0 Å². The molecule has 1 saturated heterocycles. The Morgan fingerprint density at radius 1 is 1.22 bits per heavy atom. The average molecular weight is 358 g/mol. The summed E-state index contributed by atoms with van der Waals surface area (Å²) in [6.07, 6.45) is 5.90. The molecule has 1 unspecified atom stereocenters. The van der Waals surface area contributed by atoms with Crippen LogP contribution in [0.1, 0.15) is 41.6 Å². The molecule has 128 valence electrons. The molecule has 2 N–H and O–H groups in total. The smallest absolute Gasteiger partial charge is 0.251 e. The van der Waals surface area contributed by atoms with Crippen LogP contribution in [0.4, 0.5) is 5.69 Å².